The van der Waals surface area contributed by atoms with Gasteiger partial charge in [0.1, 0.15) is 47.4 Å². The molecular weight excluding hydrogens is 548 g/mol. The number of rotatable bonds is 10. The number of amides is 1. The van der Waals surface area contributed by atoms with Crippen LogP contribution in [0.1, 0.15) is 38.8 Å². The van der Waals surface area contributed by atoms with Crippen LogP contribution in [0, 0.1) is 5.41 Å². The van der Waals surface area contributed by atoms with E-state index in [1.54, 1.807) is 14.2 Å². The molecule has 1 fully saturated rings. The average Bonchev–Trinajstić information content (AvgIpc) is 3.36. The molecule has 2 aromatic rings. The number of carbonyl (C=O) groups is 1. The van der Waals surface area contributed by atoms with E-state index in [9.17, 15) is 9.90 Å². The lowest BCUT2D eigenvalue weighted by Gasteiger charge is -2.42. The molecule has 11 heteroatoms. The first-order valence-corrected chi connectivity index (χ1v) is 14.5. The Kier molecular flexibility index (Phi) is 10.5. The van der Waals surface area contributed by atoms with Crippen molar-refractivity contribution >= 4 is 23.0 Å². The number of alkyl carbamates (subject to hydrolysis) is 1. The van der Waals surface area contributed by atoms with E-state index in [-0.39, 0.29) is 31.3 Å². The van der Waals surface area contributed by atoms with Gasteiger partial charge in [-0.05, 0) is 47.7 Å². The van der Waals surface area contributed by atoms with Crippen molar-refractivity contribution in [3.05, 3.63) is 59.7 Å². The van der Waals surface area contributed by atoms with Crippen LogP contribution < -0.4 is 14.8 Å². The van der Waals surface area contributed by atoms with Crippen LogP contribution >= 0.6 is 11.8 Å². The Bertz CT molecular complexity index is 1170. The molecule has 2 aliphatic rings. The Morgan fingerprint density at radius 2 is 1.51 bits per heavy atom. The number of amidine groups is 1. The van der Waals surface area contributed by atoms with Crippen molar-refractivity contribution in [2.75, 3.05) is 20.8 Å². The highest BCUT2D eigenvalue weighted by Crippen LogP contribution is 2.39. The number of aliphatic hydroxyl groups excluding tert-OH is 1. The van der Waals surface area contributed by atoms with Gasteiger partial charge in [0.25, 0.3) is 0 Å². The number of hydrogen-bond acceptors (Lipinski definition) is 10. The molecule has 6 atom stereocenters. The standard InChI is InChI=1S/C30H40N2O8S/c1-18(30(2,3)4)39-29(34)32-28-31-24-26(38-17-20-9-13-22(36-6)14-10-20)25(23(15-33)40-27(24)41-28)37-16-19-7-11-21(35-5)12-8-19/h7-14,18,23-27,33H,15-17H2,1-6H3,(H,31,32,34)/t18?,23-,24-,25-,26-,27-/m1/s1. The number of ether oxygens (including phenoxy) is 6. The maximum absolute atomic E-state index is 12.6. The van der Waals surface area contributed by atoms with E-state index < -0.39 is 35.9 Å². The van der Waals surface area contributed by atoms with Gasteiger partial charge in [0.05, 0.1) is 34.0 Å². The third-order valence-electron chi connectivity index (χ3n) is 7.20. The maximum Gasteiger partial charge on any atom is 0.413 e. The van der Waals surface area contributed by atoms with Crippen LogP contribution in [0.4, 0.5) is 4.79 Å². The lowest BCUT2D eigenvalue weighted by atomic mass is 9.90. The maximum atomic E-state index is 12.6. The van der Waals surface area contributed by atoms with Gasteiger partial charge in [-0.15, -0.1) is 0 Å². The Morgan fingerprint density at radius 1 is 0.976 bits per heavy atom. The van der Waals surface area contributed by atoms with Gasteiger partial charge in [-0.2, -0.15) is 0 Å². The summed E-state index contributed by atoms with van der Waals surface area (Å²) in [6, 6.07) is 14.7. The SMILES string of the molecule is COc1ccc(CO[C@@H]2[C@H]3N=C(NC(=O)OC(C)C(C)(C)C)S[C@H]3O[C@H](CO)[C@H]2OCc2ccc(OC)cc2)cc1. The lowest BCUT2D eigenvalue weighted by molar-refractivity contribution is -0.205. The van der Waals surface area contributed by atoms with Crippen LogP contribution in [0.2, 0.25) is 0 Å². The van der Waals surface area contributed by atoms with Gasteiger partial charge in [0.15, 0.2) is 5.17 Å². The third kappa shape index (κ3) is 8.14. The van der Waals surface area contributed by atoms with Gasteiger partial charge in [-0.25, -0.2) is 4.79 Å². The predicted octanol–water partition coefficient (Wildman–Crippen LogP) is 4.52. The van der Waals surface area contributed by atoms with Gasteiger partial charge in [0, 0.05) is 0 Å². The summed E-state index contributed by atoms with van der Waals surface area (Å²) in [5, 5.41) is 13.4. The minimum atomic E-state index is -0.662. The van der Waals surface area contributed by atoms with Crippen LogP contribution in [0.15, 0.2) is 53.5 Å². The minimum Gasteiger partial charge on any atom is -0.497 e. The molecule has 1 unspecified atom stereocenters. The molecule has 2 heterocycles. The third-order valence-corrected chi connectivity index (χ3v) is 8.26. The van der Waals surface area contributed by atoms with Crippen molar-refractivity contribution in [2.24, 2.45) is 10.4 Å². The molecule has 0 aliphatic carbocycles. The Balaban J connectivity index is 1.52. The first kappa shape index (κ1) is 31.1. The number of thioether (sulfide) groups is 1. The van der Waals surface area contributed by atoms with Crippen molar-refractivity contribution in [2.45, 2.75) is 76.8 Å². The van der Waals surface area contributed by atoms with Crippen LogP contribution in [-0.2, 0) is 32.2 Å². The van der Waals surface area contributed by atoms with Crippen molar-refractivity contribution in [3.63, 3.8) is 0 Å². The summed E-state index contributed by atoms with van der Waals surface area (Å²) < 4.78 is 35.1. The fourth-order valence-corrected chi connectivity index (χ4v) is 5.38. The van der Waals surface area contributed by atoms with Gasteiger partial charge >= 0.3 is 6.09 Å². The zero-order valence-corrected chi connectivity index (χ0v) is 25.2. The molecule has 0 saturated carbocycles. The first-order chi connectivity index (χ1) is 19.6. The molecule has 2 N–H and O–H groups in total. The summed E-state index contributed by atoms with van der Waals surface area (Å²) >= 11 is 1.27. The van der Waals surface area contributed by atoms with E-state index in [0.29, 0.717) is 5.17 Å². The minimum absolute atomic E-state index is 0.206. The van der Waals surface area contributed by atoms with Crippen LogP contribution in [0.3, 0.4) is 0 Å². The second kappa shape index (κ2) is 13.9. The van der Waals surface area contributed by atoms with Gasteiger partial charge in [0.2, 0.25) is 0 Å². The first-order valence-electron chi connectivity index (χ1n) is 13.6. The molecule has 0 bridgehead atoms. The number of fused-ring (bicyclic) bond motifs is 1. The molecule has 41 heavy (non-hydrogen) atoms. The summed E-state index contributed by atoms with van der Waals surface area (Å²) in [7, 11) is 3.24. The summed E-state index contributed by atoms with van der Waals surface area (Å²) in [5.41, 5.74) is 1.18. The number of nitrogens with one attached hydrogen (secondary N) is 1. The quantitative estimate of drug-likeness (QED) is 0.413. The van der Waals surface area contributed by atoms with Crippen molar-refractivity contribution < 1.29 is 38.3 Å². The van der Waals surface area contributed by atoms with Crippen LogP contribution in [-0.4, -0.2) is 73.1 Å². The molecule has 0 radical (unpaired) electrons. The van der Waals surface area contributed by atoms with E-state index in [0.717, 1.165) is 22.6 Å². The molecular formula is C30H40N2O8S. The Labute approximate surface area is 245 Å². The number of aliphatic hydroxyl groups is 1. The lowest BCUT2D eigenvalue weighted by Crippen LogP contribution is -2.57. The number of hydrogen-bond donors (Lipinski definition) is 2. The highest BCUT2D eigenvalue weighted by atomic mass is 32.2. The molecule has 4 rings (SSSR count). The number of carbonyl (C=O) groups excluding carboxylic acids is 1. The number of nitrogens with zero attached hydrogens (tertiary/aromatic N) is 1. The average molecular weight is 589 g/mol. The Hall–Kier alpha value is -2.83. The number of benzene rings is 2. The van der Waals surface area contributed by atoms with Gasteiger partial charge in [-0.1, -0.05) is 56.8 Å². The van der Waals surface area contributed by atoms with E-state index >= 15 is 0 Å². The van der Waals surface area contributed by atoms with E-state index in [1.807, 2.05) is 76.2 Å². The normalized spacial score (nSPS) is 24.7. The zero-order valence-electron chi connectivity index (χ0n) is 24.4. The number of aliphatic imine (C=N–C) groups is 1. The monoisotopic (exact) mass is 588 g/mol. The molecule has 2 aromatic carbocycles. The van der Waals surface area contributed by atoms with E-state index in [2.05, 4.69) is 5.32 Å². The fourth-order valence-electron chi connectivity index (χ4n) is 4.29. The molecule has 1 amide bonds. The van der Waals surface area contributed by atoms with E-state index in [1.165, 1.54) is 11.8 Å². The Morgan fingerprint density at radius 3 is 2.00 bits per heavy atom. The van der Waals surface area contributed by atoms with Gasteiger partial charge < -0.3 is 33.5 Å². The largest absolute Gasteiger partial charge is 0.497 e. The molecule has 2 aliphatic heterocycles. The fraction of sp³-hybridized carbons (Fsp3) is 0.533. The summed E-state index contributed by atoms with van der Waals surface area (Å²) in [6.45, 7) is 8.14. The summed E-state index contributed by atoms with van der Waals surface area (Å²) in [6.07, 6.45) is -2.74. The summed E-state index contributed by atoms with van der Waals surface area (Å²) in [5.74, 6) is 1.50. The highest BCUT2D eigenvalue weighted by molar-refractivity contribution is 8.14. The molecule has 10 nitrogen and oxygen atoms in total. The topological polar surface area (TPSA) is 117 Å². The predicted molar refractivity (Wildman–Crippen MR) is 156 cm³/mol. The molecule has 224 valence electrons. The van der Waals surface area contributed by atoms with Crippen molar-refractivity contribution in [1.29, 1.82) is 0 Å². The smallest absolute Gasteiger partial charge is 0.413 e. The van der Waals surface area contributed by atoms with Crippen molar-refractivity contribution in [1.82, 2.24) is 5.32 Å². The van der Waals surface area contributed by atoms with Crippen LogP contribution in [0.25, 0.3) is 0 Å². The molecule has 0 aromatic heterocycles. The molecule has 0 spiro atoms. The van der Waals surface area contributed by atoms with Crippen molar-refractivity contribution in [3.8, 4) is 11.5 Å². The summed E-state index contributed by atoms with van der Waals surface area (Å²) in [4.78, 5) is 17.4. The second-order valence-corrected chi connectivity index (χ2v) is 12.1. The van der Waals surface area contributed by atoms with Crippen LogP contribution in [0.5, 0.6) is 11.5 Å². The second-order valence-electron chi connectivity index (χ2n) is 11.1. The highest BCUT2D eigenvalue weighted by Gasteiger charge is 2.51. The van der Waals surface area contributed by atoms with E-state index in [4.69, 9.17) is 33.4 Å². The van der Waals surface area contributed by atoms with Gasteiger partial charge in [-0.3, -0.25) is 10.3 Å². The molecule has 1 saturated heterocycles. The zero-order chi connectivity index (χ0) is 29.6. The number of methoxy groups -OCH3 is 2.